The van der Waals surface area contributed by atoms with Crippen molar-refractivity contribution in [1.82, 2.24) is 14.4 Å². The van der Waals surface area contributed by atoms with Gasteiger partial charge in [0.05, 0.1) is 12.7 Å². The highest BCUT2D eigenvalue weighted by Gasteiger charge is 2.26. The van der Waals surface area contributed by atoms with E-state index < -0.39 is 0 Å². The zero-order valence-electron chi connectivity index (χ0n) is 15.8. The first-order chi connectivity index (χ1) is 12.4. The number of hydrogen-bond acceptors (Lipinski definition) is 3. The van der Waals surface area contributed by atoms with Crippen LogP contribution < -0.4 is 4.74 Å². The lowest BCUT2D eigenvalue weighted by molar-refractivity contribution is -0.130. The molecule has 1 aliphatic rings. The van der Waals surface area contributed by atoms with Crippen LogP contribution >= 0.6 is 0 Å². The molecule has 0 bridgehead atoms. The molecule has 0 atom stereocenters. The molecule has 0 saturated carbocycles. The summed E-state index contributed by atoms with van der Waals surface area (Å²) < 4.78 is 7.30. The number of piperazine rings is 1. The number of methoxy groups -OCH3 is 1. The van der Waals surface area contributed by atoms with Crippen LogP contribution in [-0.2, 0) is 4.79 Å². The van der Waals surface area contributed by atoms with Gasteiger partial charge in [-0.3, -0.25) is 9.59 Å². The van der Waals surface area contributed by atoms with Gasteiger partial charge in [0.15, 0.2) is 0 Å². The van der Waals surface area contributed by atoms with E-state index in [1.165, 1.54) is 0 Å². The summed E-state index contributed by atoms with van der Waals surface area (Å²) in [5.74, 6) is 0.895. The van der Waals surface area contributed by atoms with Gasteiger partial charge in [-0.15, -0.1) is 0 Å². The van der Waals surface area contributed by atoms with Crippen molar-refractivity contribution < 1.29 is 14.3 Å². The smallest absolute Gasteiger partial charge is 0.255 e. The second-order valence-corrected chi connectivity index (χ2v) is 6.62. The monoisotopic (exact) mass is 355 g/mol. The summed E-state index contributed by atoms with van der Waals surface area (Å²) in [6, 6.07) is 9.74. The quantitative estimate of drug-likeness (QED) is 0.850. The molecular formula is C20H25N3O3. The number of benzene rings is 1. The maximum absolute atomic E-state index is 13.0. The molecule has 0 unspecified atom stereocenters. The molecule has 1 aromatic heterocycles. The number of hydrogen-bond donors (Lipinski definition) is 0. The van der Waals surface area contributed by atoms with Crippen LogP contribution in [0.2, 0.25) is 0 Å². The Kier molecular flexibility index (Phi) is 5.02. The highest BCUT2D eigenvalue weighted by Crippen LogP contribution is 2.24. The molecule has 3 rings (SSSR count). The Balaban J connectivity index is 1.83. The van der Waals surface area contributed by atoms with Gasteiger partial charge >= 0.3 is 0 Å². The maximum Gasteiger partial charge on any atom is 0.255 e. The van der Waals surface area contributed by atoms with E-state index in [9.17, 15) is 9.59 Å². The van der Waals surface area contributed by atoms with Gasteiger partial charge in [0, 0.05) is 50.2 Å². The third-order valence-corrected chi connectivity index (χ3v) is 5.00. The lowest BCUT2D eigenvalue weighted by Crippen LogP contribution is -2.50. The fourth-order valence-electron chi connectivity index (χ4n) is 3.50. The summed E-state index contributed by atoms with van der Waals surface area (Å²) >= 11 is 0. The second kappa shape index (κ2) is 7.23. The minimum atomic E-state index is 0.0288. The topological polar surface area (TPSA) is 54.8 Å². The van der Waals surface area contributed by atoms with Crippen molar-refractivity contribution in [1.29, 1.82) is 0 Å². The van der Waals surface area contributed by atoms with E-state index in [2.05, 4.69) is 4.57 Å². The fraction of sp³-hybridized carbons (Fsp3) is 0.400. The standard InChI is InChI=1S/C20H25N3O3/c1-14-13-19(20(25)22-11-9-21(10-12-22)16(3)24)15(2)23(14)17-5-7-18(26-4)8-6-17/h5-8,13H,9-12H2,1-4H3. The van der Waals surface area contributed by atoms with Gasteiger partial charge in [-0.05, 0) is 44.2 Å². The third-order valence-electron chi connectivity index (χ3n) is 5.00. The Labute approximate surface area is 154 Å². The van der Waals surface area contributed by atoms with Gasteiger partial charge in [-0.25, -0.2) is 0 Å². The predicted octanol–water partition coefficient (Wildman–Crippen LogP) is 2.41. The molecule has 2 amide bonds. The molecule has 1 saturated heterocycles. The van der Waals surface area contributed by atoms with Crippen LogP contribution in [-0.4, -0.2) is 59.5 Å². The van der Waals surface area contributed by atoms with Crippen molar-refractivity contribution in [2.24, 2.45) is 0 Å². The lowest BCUT2D eigenvalue weighted by atomic mass is 10.2. The average molecular weight is 355 g/mol. The maximum atomic E-state index is 13.0. The Morgan fingerprint density at radius 2 is 1.54 bits per heavy atom. The zero-order valence-corrected chi connectivity index (χ0v) is 15.8. The molecular weight excluding hydrogens is 330 g/mol. The number of carbonyl (C=O) groups is 2. The predicted molar refractivity (Wildman–Crippen MR) is 100.0 cm³/mol. The average Bonchev–Trinajstić information content (AvgIpc) is 2.95. The molecule has 6 heteroatoms. The van der Waals surface area contributed by atoms with Gasteiger partial charge in [-0.1, -0.05) is 0 Å². The van der Waals surface area contributed by atoms with E-state index in [1.54, 1.807) is 18.9 Å². The third kappa shape index (κ3) is 3.31. The summed E-state index contributed by atoms with van der Waals surface area (Å²) in [6.07, 6.45) is 0. The Morgan fingerprint density at radius 1 is 0.962 bits per heavy atom. The Morgan fingerprint density at radius 3 is 2.08 bits per heavy atom. The van der Waals surface area contributed by atoms with Crippen LogP contribution in [0.1, 0.15) is 28.7 Å². The first kappa shape index (κ1) is 18.0. The molecule has 0 N–H and O–H groups in total. The van der Waals surface area contributed by atoms with E-state index in [1.807, 2.05) is 49.1 Å². The van der Waals surface area contributed by atoms with Gasteiger partial charge in [-0.2, -0.15) is 0 Å². The van der Waals surface area contributed by atoms with Crippen LogP contribution in [0, 0.1) is 13.8 Å². The first-order valence-electron chi connectivity index (χ1n) is 8.80. The molecule has 1 aromatic carbocycles. The van der Waals surface area contributed by atoms with Gasteiger partial charge < -0.3 is 19.1 Å². The summed E-state index contributed by atoms with van der Waals surface area (Å²) in [6.45, 7) is 7.88. The van der Waals surface area contributed by atoms with Crippen molar-refractivity contribution in [2.75, 3.05) is 33.3 Å². The lowest BCUT2D eigenvalue weighted by Gasteiger charge is -2.34. The van der Waals surface area contributed by atoms with E-state index in [-0.39, 0.29) is 11.8 Å². The number of ether oxygens (including phenoxy) is 1. The van der Waals surface area contributed by atoms with Gasteiger partial charge in [0.25, 0.3) is 5.91 Å². The van der Waals surface area contributed by atoms with Crippen molar-refractivity contribution in [3.8, 4) is 11.4 Å². The molecule has 1 aliphatic heterocycles. The summed E-state index contributed by atoms with van der Waals surface area (Å²) in [4.78, 5) is 28.1. The molecule has 6 nitrogen and oxygen atoms in total. The highest BCUT2D eigenvalue weighted by atomic mass is 16.5. The van der Waals surface area contributed by atoms with E-state index in [0.29, 0.717) is 26.2 Å². The summed E-state index contributed by atoms with van der Waals surface area (Å²) in [5.41, 5.74) is 3.65. The normalized spacial score (nSPS) is 14.5. The summed E-state index contributed by atoms with van der Waals surface area (Å²) in [7, 11) is 1.64. The van der Waals surface area contributed by atoms with Crippen LogP contribution in [0.4, 0.5) is 0 Å². The molecule has 1 fully saturated rings. The highest BCUT2D eigenvalue weighted by molar-refractivity contribution is 5.96. The molecule has 0 aliphatic carbocycles. The first-order valence-corrected chi connectivity index (χ1v) is 8.80. The minimum absolute atomic E-state index is 0.0288. The number of aromatic nitrogens is 1. The molecule has 0 radical (unpaired) electrons. The van der Waals surface area contributed by atoms with E-state index in [4.69, 9.17) is 4.74 Å². The SMILES string of the molecule is COc1ccc(-n2c(C)cc(C(=O)N3CCN(C(C)=O)CC3)c2C)cc1. The minimum Gasteiger partial charge on any atom is -0.497 e. The molecule has 2 aromatic rings. The number of rotatable bonds is 3. The summed E-state index contributed by atoms with van der Waals surface area (Å²) in [5, 5.41) is 0. The van der Waals surface area contributed by atoms with Crippen LogP contribution in [0.3, 0.4) is 0 Å². The molecule has 0 spiro atoms. The van der Waals surface area contributed by atoms with Crippen molar-refractivity contribution in [3.05, 3.63) is 47.3 Å². The Bertz CT molecular complexity index is 816. The molecule has 26 heavy (non-hydrogen) atoms. The largest absolute Gasteiger partial charge is 0.497 e. The number of amides is 2. The van der Waals surface area contributed by atoms with Crippen molar-refractivity contribution in [2.45, 2.75) is 20.8 Å². The van der Waals surface area contributed by atoms with Crippen molar-refractivity contribution >= 4 is 11.8 Å². The van der Waals surface area contributed by atoms with Crippen LogP contribution in [0.15, 0.2) is 30.3 Å². The fourth-order valence-corrected chi connectivity index (χ4v) is 3.50. The van der Waals surface area contributed by atoms with E-state index in [0.717, 1.165) is 28.4 Å². The zero-order chi connectivity index (χ0) is 18.8. The van der Waals surface area contributed by atoms with Crippen LogP contribution in [0.5, 0.6) is 5.75 Å². The molecule has 138 valence electrons. The Hall–Kier alpha value is -2.76. The van der Waals surface area contributed by atoms with Gasteiger partial charge in [0.2, 0.25) is 5.91 Å². The number of aryl methyl sites for hydroxylation is 1. The second-order valence-electron chi connectivity index (χ2n) is 6.62. The van der Waals surface area contributed by atoms with Gasteiger partial charge in [0.1, 0.15) is 5.75 Å². The van der Waals surface area contributed by atoms with Crippen LogP contribution in [0.25, 0.3) is 5.69 Å². The number of nitrogens with zero attached hydrogens (tertiary/aromatic N) is 3. The van der Waals surface area contributed by atoms with Crippen molar-refractivity contribution in [3.63, 3.8) is 0 Å². The number of carbonyl (C=O) groups excluding carboxylic acids is 2. The molecule has 2 heterocycles. The van der Waals surface area contributed by atoms with E-state index >= 15 is 0 Å².